The first-order valence-electron chi connectivity index (χ1n) is 11.0. The van der Waals surface area contributed by atoms with Crippen LogP contribution in [0.4, 0.5) is 0 Å². The summed E-state index contributed by atoms with van der Waals surface area (Å²) in [6.45, 7) is 5.65. The van der Waals surface area contributed by atoms with E-state index in [4.69, 9.17) is 21.1 Å². The van der Waals surface area contributed by atoms with Crippen molar-refractivity contribution in [1.29, 1.82) is 0 Å². The quantitative estimate of drug-likeness (QED) is 0.356. The average Bonchev–Trinajstić information content (AvgIpc) is 3.08. The van der Waals surface area contributed by atoms with E-state index >= 15 is 0 Å². The molecular formula is C27H25ClN2O5. The number of hydrogen-bond acceptors (Lipinski definition) is 5. The molecule has 7 nitrogen and oxygen atoms in total. The van der Waals surface area contributed by atoms with Crippen LogP contribution >= 0.6 is 11.6 Å². The molecule has 1 aromatic heterocycles. The van der Waals surface area contributed by atoms with Crippen molar-refractivity contribution in [3.63, 3.8) is 0 Å². The number of imidazole rings is 1. The van der Waals surface area contributed by atoms with Crippen LogP contribution in [0.25, 0.3) is 16.7 Å². The second-order valence-corrected chi connectivity index (χ2v) is 9.51. The van der Waals surface area contributed by atoms with Gasteiger partial charge in [-0.25, -0.2) is 14.4 Å². The van der Waals surface area contributed by atoms with E-state index in [1.54, 1.807) is 90.6 Å². The number of nitrogens with zero attached hydrogens (tertiary/aromatic N) is 2. The molecule has 4 aromatic rings. The molecule has 180 valence electrons. The van der Waals surface area contributed by atoms with Crippen LogP contribution < -0.4 is 5.69 Å². The van der Waals surface area contributed by atoms with E-state index in [0.717, 1.165) is 5.56 Å². The van der Waals surface area contributed by atoms with Crippen LogP contribution in [0.15, 0.2) is 71.5 Å². The Kier molecular flexibility index (Phi) is 6.54. The minimum Gasteiger partial charge on any atom is -0.465 e. The smallest absolute Gasteiger partial charge is 0.338 e. The zero-order chi connectivity index (χ0) is 25.3. The third kappa shape index (κ3) is 5.15. The first kappa shape index (κ1) is 24.3. The van der Waals surface area contributed by atoms with Crippen molar-refractivity contribution in [2.24, 2.45) is 0 Å². The molecule has 0 N–H and O–H groups in total. The zero-order valence-corrected chi connectivity index (χ0v) is 20.6. The van der Waals surface area contributed by atoms with Gasteiger partial charge < -0.3 is 9.47 Å². The van der Waals surface area contributed by atoms with Gasteiger partial charge in [0.15, 0.2) is 0 Å². The lowest BCUT2D eigenvalue weighted by molar-refractivity contribution is 0.00693. The van der Waals surface area contributed by atoms with Gasteiger partial charge in [0.05, 0.1) is 41.5 Å². The molecular weight excluding hydrogens is 468 g/mol. The maximum atomic E-state index is 13.6. The summed E-state index contributed by atoms with van der Waals surface area (Å²) >= 11 is 6.26. The molecule has 0 atom stereocenters. The molecule has 0 saturated heterocycles. The summed E-state index contributed by atoms with van der Waals surface area (Å²) in [7, 11) is 1.32. The Morgan fingerprint density at radius 3 is 2.26 bits per heavy atom. The third-order valence-corrected chi connectivity index (χ3v) is 5.58. The van der Waals surface area contributed by atoms with Crippen molar-refractivity contribution in [3.05, 3.63) is 98.9 Å². The summed E-state index contributed by atoms with van der Waals surface area (Å²) in [5, 5.41) is 0.487. The minimum atomic E-state index is -0.609. The molecule has 1 heterocycles. The Labute approximate surface area is 207 Å². The number of ether oxygens (including phenoxy) is 2. The number of halogens is 1. The van der Waals surface area contributed by atoms with Crippen LogP contribution in [0.1, 0.15) is 47.1 Å². The maximum Gasteiger partial charge on any atom is 0.338 e. The van der Waals surface area contributed by atoms with Crippen LogP contribution in [0.5, 0.6) is 0 Å². The highest BCUT2D eigenvalue weighted by Gasteiger charge is 2.19. The monoisotopic (exact) mass is 492 g/mol. The summed E-state index contributed by atoms with van der Waals surface area (Å²) in [4.78, 5) is 37.9. The van der Waals surface area contributed by atoms with Gasteiger partial charge in [-0.05, 0) is 80.9 Å². The largest absolute Gasteiger partial charge is 0.465 e. The molecule has 0 radical (unpaired) electrons. The predicted molar refractivity (Wildman–Crippen MR) is 135 cm³/mol. The Morgan fingerprint density at radius 2 is 1.60 bits per heavy atom. The molecule has 0 saturated carbocycles. The first-order valence-corrected chi connectivity index (χ1v) is 11.4. The van der Waals surface area contributed by atoms with Crippen molar-refractivity contribution in [2.45, 2.75) is 32.9 Å². The van der Waals surface area contributed by atoms with Crippen LogP contribution in [-0.4, -0.2) is 33.8 Å². The van der Waals surface area contributed by atoms with E-state index < -0.39 is 17.5 Å². The average molecular weight is 493 g/mol. The Bertz CT molecular complexity index is 1480. The Balaban J connectivity index is 1.77. The number of hydrogen-bond donors (Lipinski definition) is 0. The van der Waals surface area contributed by atoms with Crippen molar-refractivity contribution < 1.29 is 19.1 Å². The van der Waals surface area contributed by atoms with Crippen LogP contribution in [-0.2, 0) is 16.0 Å². The molecule has 0 aliphatic rings. The Hall–Kier alpha value is -3.84. The van der Waals surface area contributed by atoms with Gasteiger partial charge in [0.25, 0.3) is 0 Å². The number of rotatable bonds is 5. The molecule has 35 heavy (non-hydrogen) atoms. The molecule has 0 bridgehead atoms. The predicted octanol–water partition coefficient (Wildman–Crippen LogP) is 5.24. The number of fused-ring (bicyclic) bond motifs is 1. The number of benzene rings is 3. The molecule has 0 aliphatic heterocycles. The lowest BCUT2D eigenvalue weighted by atomic mass is 10.1. The van der Waals surface area contributed by atoms with Gasteiger partial charge in [0.2, 0.25) is 0 Å². The van der Waals surface area contributed by atoms with Gasteiger partial charge in [-0.15, -0.1) is 0 Å². The molecule has 0 fully saturated rings. The molecule has 8 heteroatoms. The van der Waals surface area contributed by atoms with Crippen molar-refractivity contribution in [1.82, 2.24) is 9.13 Å². The van der Waals surface area contributed by atoms with Crippen LogP contribution in [0, 0.1) is 0 Å². The van der Waals surface area contributed by atoms with Gasteiger partial charge in [-0.2, -0.15) is 0 Å². The van der Waals surface area contributed by atoms with Crippen molar-refractivity contribution >= 4 is 34.6 Å². The lowest BCUT2D eigenvalue weighted by Gasteiger charge is -2.19. The van der Waals surface area contributed by atoms with Crippen molar-refractivity contribution in [2.75, 3.05) is 7.11 Å². The zero-order valence-electron chi connectivity index (χ0n) is 19.9. The SMILES string of the molecule is COC(=O)c1cccc(Cn2c(=O)n(-c3ccc(C(=O)OC(C)(C)C)cc3)c3cc(Cl)ccc32)c1. The fraction of sp³-hybridized carbons (Fsp3) is 0.222. The van der Waals surface area contributed by atoms with E-state index in [9.17, 15) is 14.4 Å². The van der Waals surface area contributed by atoms with E-state index in [0.29, 0.717) is 32.9 Å². The molecule has 4 rings (SSSR count). The summed E-state index contributed by atoms with van der Waals surface area (Å²) in [5.74, 6) is -0.883. The van der Waals surface area contributed by atoms with Crippen LogP contribution in [0.2, 0.25) is 5.02 Å². The number of carbonyl (C=O) groups is 2. The topological polar surface area (TPSA) is 79.5 Å². The highest BCUT2D eigenvalue weighted by Crippen LogP contribution is 2.23. The number of esters is 2. The number of carbonyl (C=O) groups excluding carboxylic acids is 2. The normalized spacial score (nSPS) is 11.5. The number of methoxy groups -OCH3 is 1. The van der Waals surface area contributed by atoms with E-state index in [2.05, 4.69) is 0 Å². The second-order valence-electron chi connectivity index (χ2n) is 9.08. The Morgan fingerprint density at radius 1 is 0.886 bits per heavy atom. The summed E-state index contributed by atoms with van der Waals surface area (Å²) in [6.07, 6.45) is 0. The lowest BCUT2D eigenvalue weighted by Crippen LogP contribution is -2.24. The van der Waals surface area contributed by atoms with Gasteiger partial charge in [0.1, 0.15) is 5.60 Å². The molecule has 0 aliphatic carbocycles. The standard InChI is InChI=1S/C27H25ClN2O5/c1-27(2,3)35-25(32)18-8-11-21(12-9-18)30-23-15-20(28)10-13-22(23)29(26(30)33)16-17-6-5-7-19(14-17)24(31)34-4/h5-15H,16H2,1-4H3. The van der Waals surface area contributed by atoms with Gasteiger partial charge in [-0.1, -0.05) is 23.7 Å². The first-order chi connectivity index (χ1) is 16.6. The third-order valence-electron chi connectivity index (χ3n) is 5.34. The fourth-order valence-corrected chi connectivity index (χ4v) is 3.98. The van der Waals surface area contributed by atoms with Gasteiger partial charge in [-0.3, -0.25) is 9.13 Å². The maximum absolute atomic E-state index is 13.6. The van der Waals surface area contributed by atoms with E-state index in [-0.39, 0.29) is 12.2 Å². The number of aromatic nitrogens is 2. The highest BCUT2D eigenvalue weighted by atomic mass is 35.5. The molecule has 0 unspecified atom stereocenters. The summed E-state index contributed by atoms with van der Waals surface area (Å²) < 4.78 is 13.4. The fourth-order valence-electron chi connectivity index (χ4n) is 3.81. The molecule has 0 spiro atoms. The summed E-state index contributed by atoms with van der Waals surface area (Å²) in [6, 6.07) is 18.8. The van der Waals surface area contributed by atoms with Crippen molar-refractivity contribution in [3.8, 4) is 5.69 Å². The molecule has 0 amide bonds. The van der Waals surface area contributed by atoms with E-state index in [1.165, 1.54) is 7.11 Å². The van der Waals surface area contributed by atoms with E-state index in [1.807, 2.05) is 6.07 Å². The van der Waals surface area contributed by atoms with Crippen LogP contribution in [0.3, 0.4) is 0 Å². The summed E-state index contributed by atoms with van der Waals surface area (Å²) in [5.41, 5.74) is 2.55. The highest BCUT2D eigenvalue weighted by molar-refractivity contribution is 6.31. The second kappa shape index (κ2) is 9.43. The van der Waals surface area contributed by atoms with Gasteiger partial charge >= 0.3 is 17.6 Å². The molecule has 3 aromatic carbocycles. The minimum absolute atomic E-state index is 0.241. The van der Waals surface area contributed by atoms with Gasteiger partial charge in [0, 0.05) is 5.02 Å².